The van der Waals surface area contributed by atoms with Crippen LogP contribution in [0.2, 0.25) is 0 Å². The fraction of sp³-hybridized carbons (Fsp3) is 0.520. The van der Waals surface area contributed by atoms with Crippen LogP contribution in [0.3, 0.4) is 0 Å². The van der Waals surface area contributed by atoms with E-state index in [0.29, 0.717) is 0 Å². The molecule has 0 fully saturated rings. The third-order valence-electron chi connectivity index (χ3n) is 2.68. The first-order chi connectivity index (χ1) is 11.0. The van der Waals surface area contributed by atoms with Crippen molar-refractivity contribution in [1.29, 1.82) is 0 Å². The molecule has 0 saturated heterocycles. The van der Waals surface area contributed by atoms with E-state index in [1.54, 1.807) is 7.11 Å². The van der Waals surface area contributed by atoms with E-state index >= 15 is 0 Å². The molecule has 0 aliphatic carbocycles. The molecule has 0 aromatic heterocycles. The van der Waals surface area contributed by atoms with Gasteiger partial charge in [-0.2, -0.15) is 0 Å². The van der Waals surface area contributed by atoms with E-state index in [2.05, 4.69) is 72.7 Å². The molecule has 0 aliphatic heterocycles. The first kappa shape index (κ1) is 35.4. The summed E-state index contributed by atoms with van der Waals surface area (Å²) in [5, 5.41) is 0. The molecule has 2 aromatic rings. The second-order valence-electron chi connectivity index (χ2n) is 5.52. The van der Waals surface area contributed by atoms with Crippen LogP contribution in [-0.2, 0) is 0 Å². The van der Waals surface area contributed by atoms with Crippen molar-refractivity contribution in [2.45, 2.75) is 83.6 Å². The standard InChI is InChI=1S/C8H10O.C8H10.2C3H8.3CH4/c1-7-3-5-8(9-2)6-4-7;1-7-5-3-4-6-8(7)2;2*1-3-2;;;/h3-6H,1-2H3;3-6H,1-2H3;2*3H2,1-2H3;3*1H4. The Morgan fingerprint density at radius 3 is 1.15 bits per heavy atom. The molecule has 0 amide bonds. The van der Waals surface area contributed by atoms with Crippen molar-refractivity contribution < 1.29 is 4.74 Å². The van der Waals surface area contributed by atoms with Crippen molar-refractivity contribution in [3.8, 4) is 5.75 Å². The molecular formula is C25H48O. The van der Waals surface area contributed by atoms with Gasteiger partial charge in [0.05, 0.1) is 7.11 Å². The second kappa shape index (κ2) is 25.5. The van der Waals surface area contributed by atoms with Crippen molar-refractivity contribution in [2.75, 3.05) is 7.11 Å². The fourth-order valence-corrected chi connectivity index (χ4v) is 1.34. The molecule has 0 saturated carbocycles. The maximum atomic E-state index is 4.97. The van der Waals surface area contributed by atoms with Gasteiger partial charge in [-0.15, -0.1) is 0 Å². The maximum Gasteiger partial charge on any atom is 0.118 e. The molecule has 0 heterocycles. The number of hydrogen-bond acceptors (Lipinski definition) is 1. The minimum absolute atomic E-state index is 0. The summed E-state index contributed by atoms with van der Waals surface area (Å²) in [4.78, 5) is 0. The number of rotatable bonds is 1. The van der Waals surface area contributed by atoms with Crippen molar-refractivity contribution in [3.05, 3.63) is 65.2 Å². The lowest BCUT2D eigenvalue weighted by atomic mass is 10.1. The lowest BCUT2D eigenvalue weighted by molar-refractivity contribution is 0.414. The Morgan fingerprint density at radius 2 is 0.923 bits per heavy atom. The van der Waals surface area contributed by atoms with Crippen LogP contribution in [0.4, 0.5) is 0 Å². The average Bonchev–Trinajstić information content (AvgIpc) is 2.53. The normalized spacial score (nSPS) is 7.38. The molecule has 2 rings (SSSR count). The summed E-state index contributed by atoms with van der Waals surface area (Å²) >= 11 is 0. The molecule has 26 heavy (non-hydrogen) atoms. The summed E-state index contributed by atoms with van der Waals surface area (Å²) in [5.41, 5.74) is 4.00. The van der Waals surface area contributed by atoms with E-state index in [4.69, 9.17) is 4.74 Å². The molecule has 0 bridgehead atoms. The van der Waals surface area contributed by atoms with Gasteiger partial charge >= 0.3 is 0 Å². The van der Waals surface area contributed by atoms with Crippen LogP contribution in [0.15, 0.2) is 48.5 Å². The summed E-state index contributed by atoms with van der Waals surface area (Å²) in [5.74, 6) is 0.917. The highest BCUT2D eigenvalue weighted by Crippen LogP contribution is 2.09. The van der Waals surface area contributed by atoms with Crippen LogP contribution in [0.25, 0.3) is 0 Å². The minimum Gasteiger partial charge on any atom is -0.497 e. The van der Waals surface area contributed by atoms with Crippen LogP contribution in [0, 0.1) is 20.8 Å². The molecule has 1 nitrogen and oxygen atoms in total. The summed E-state index contributed by atoms with van der Waals surface area (Å²) in [6.07, 6.45) is 2.50. The maximum absolute atomic E-state index is 4.97. The predicted octanol–water partition coefficient (Wildman–Crippen LogP) is 9.05. The summed E-state index contributed by atoms with van der Waals surface area (Å²) in [6, 6.07) is 16.3. The molecule has 0 unspecified atom stereocenters. The predicted molar refractivity (Wildman–Crippen MR) is 126 cm³/mol. The Balaban J connectivity index is -0.0000000803. The van der Waals surface area contributed by atoms with E-state index in [-0.39, 0.29) is 22.3 Å². The molecule has 0 aliphatic rings. The molecule has 2 aromatic carbocycles. The van der Waals surface area contributed by atoms with Crippen LogP contribution in [-0.4, -0.2) is 7.11 Å². The van der Waals surface area contributed by atoms with E-state index in [9.17, 15) is 0 Å². The van der Waals surface area contributed by atoms with Crippen LogP contribution in [0.1, 0.15) is 79.5 Å². The van der Waals surface area contributed by atoms with E-state index in [1.807, 2.05) is 24.3 Å². The molecule has 0 spiro atoms. The SMILES string of the molecule is C.C.C.CCC.CCC.COc1ccc(C)cc1.Cc1ccccc1C. The third-order valence-corrected chi connectivity index (χ3v) is 2.68. The molecular weight excluding hydrogens is 316 g/mol. The molecule has 0 atom stereocenters. The summed E-state index contributed by atoms with van der Waals surface area (Å²) in [6.45, 7) is 14.8. The number of benzene rings is 2. The van der Waals surface area contributed by atoms with Gasteiger partial charge in [0.2, 0.25) is 0 Å². The van der Waals surface area contributed by atoms with Gasteiger partial charge in [0, 0.05) is 0 Å². The fourth-order valence-electron chi connectivity index (χ4n) is 1.34. The van der Waals surface area contributed by atoms with Crippen molar-refractivity contribution in [1.82, 2.24) is 0 Å². The van der Waals surface area contributed by atoms with E-state index in [1.165, 1.54) is 29.5 Å². The summed E-state index contributed by atoms with van der Waals surface area (Å²) in [7, 11) is 1.67. The van der Waals surface area contributed by atoms with Crippen LogP contribution < -0.4 is 4.74 Å². The quantitative estimate of drug-likeness (QED) is 0.490. The number of aryl methyl sites for hydroxylation is 3. The van der Waals surface area contributed by atoms with Crippen LogP contribution in [0.5, 0.6) is 5.75 Å². The second-order valence-corrected chi connectivity index (χ2v) is 5.52. The Hall–Kier alpha value is -1.76. The Morgan fingerprint density at radius 1 is 0.615 bits per heavy atom. The van der Waals surface area contributed by atoms with E-state index < -0.39 is 0 Å². The largest absolute Gasteiger partial charge is 0.497 e. The highest BCUT2D eigenvalue weighted by molar-refractivity contribution is 5.26. The molecule has 154 valence electrons. The zero-order valence-corrected chi connectivity index (χ0v) is 16.4. The monoisotopic (exact) mass is 364 g/mol. The van der Waals surface area contributed by atoms with Gasteiger partial charge in [-0.05, 0) is 44.0 Å². The van der Waals surface area contributed by atoms with Gasteiger partial charge in [0.1, 0.15) is 5.75 Å². The highest BCUT2D eigenvalue weighted by Gasteiger charge is 1.85. The first-order valence-electron chi connectivity index (χ1n) is 8.59. The van der Waals surface area contributed by atoms with Gasteiger partial charge < -0.3 is 4.74 Å². The van der Waals surface area contributed by atoms with Crippen molar-refractivity contribution in [3.63, 3.8) is 0 Å². The van der Waals surface area contributed by atoms with E-state index in [0.717, 1.165) is 5.75 Å². The number of methoxy groups -OCH3 is 1. The topological polar surface area (TPSA) is 9.23 Å². The van der Waals surface area contributed by atoms with Gasteiger partial charge in [-0.1, -0.05) is 105 Å². The Kier molecular flexibility index (Phi) is 34.7. The zero-order chi connectivity index (χ0) is 18.1. The summed E-state index contributed by atoms with van der Waals surface area (Å²) < 4.78 is 4.97. The van der Waals surface area contributed by atoms with Crippen molar-refractivity contribution in [2.24, 2.45) is 0 Å². The smallest absolute Gasteiger partial charge is 0.118 e. The Labute approximate surface area is 166 Å². The third kappa shape index (κ3) is 22.2. The lowest BCUT2D eigenvalue weighted by Crippen LogP contribution is -1.80. The number of ether oxygens (including phenoxy) is 1. The lowest BCUT2D eigenvalue weighted by Gasteiger charge is -1.97. The first-order valence-corrected chi connectivity index (χ1v) is 8.59. The number of hydrogen-bond donors (Lipinski definition) is 0. The average molecular weight is 365 g/mol. The Bertz CT molecular complexity index is 449. The molecule has 0 radical (unpaired) electrons. The van der Waals surface area contributed by atoms with Gasteiger partial charge in [-0.25, -0.2) is 0 Å². The highest BCUT2D eigenvalue weighted by atomic mass is 16.5. The van der Waals surface area contributed by atoms with Gasteiger partial charge in [0.15, 0.2) is 0 Å². The van der Waals surface area contributed by atoms with Gasteiger partial charge in [-0.3, -0.25) is 0 Å². The molecule has 1 heteroatoms. The van der Waals surface area contributed by atoms with Gasteiger partial charge in [0.25, 0.3) is 0 Å². The van der Waals surface area contributed by atoms with Crippen molar-refractivity contribution >= 4 is 0 Å². The minimum atomic E-state index is 0. The molecule has 0 N–H and O–H groups in total. The van der Waals surface area contributed by atoms with Crippen LogP contribution >= 0.6 is 0 Å². The zero-order valence-electron chi connectivity index (χ0n) is 16.4.